The first kappa shape index (κ1) is 17.7. The summed E-state index contributed by atoms with van der Waals surface area (Å²) in [5.41, 5.74) is 0. The van der Waals surface area contributed by atoms with Crippen molar-refractivity contribution in [2.24, 2.45) is 5.92 Å². The number of ether oxygens (including phenoxy) is 2. The highest BCUT2D eigenvalue weighted by Crippen LogP contribution is 2.28. The van der Waals surface area contributed by atoms with E-state index in [1.807, 2.05) is 36.1 Å². The van der Waals surface area contributed by atoms with Crippen molar-refractivity contribution >= 4 is 23.6 Å². The highest BCUT2D eigenvalue weighted by atomic mass is 32.2. The normalized spacial score (nSPS) is 16.7. The molecule has 1 fully saturated rings. The van der Waals surface area contributed by atoms with E-state index in [-0.39, 0.29) is 23.0 Å². The first-order valence-corrected chi connectivity index (χ1v) is 8.60. The maximum atomic E-state index is 12.5. The third-order valence-electron chi connectivity index (χ3n) is 4.06. The monoisotopic (exact) mass is 337 g/mol. The minimum absolute atomic E-state index is 0.0754. The standard InChI is InChI=1S/C17H23NO4S/c1-12(23-15-6-4-14(21-2)5-7-15)16(19)18-10-8-13(9-11-18)17(20)22-3/h4-7,12-13H,8-11H2,1-3H3/t12-/m1/s1. The molecule has 0 bridgehead atoms. The van der Waals surface area contributed by atoms with Gasteiger partial charge in [0.2, 0.25) is 5.91 Å². The average Bonchev–Trinajstić information content (AvgIpc) is 2.61. The quantitative estimate of drug-likeness (QED) is 0.610. The van der Waals surface area contributed by atoms with Gasteiger partial charge in [-0.15, -0.1) is 11.8 Å². The van der Waals surface area contributed by atoms with Crippen LogP contribution in [0.5, 0.6) is 5.75 Å². The number of nitrogens with zero attached hydrogens (tertiary/aromatic N) is 1. The molecular formula is C17H23NO4S. The van der Waals surface area contributed by atoms with Crippen LogP contribution >= 0.6 is 11.8 Å². The highest BCUT2D eigenvalue weighted by Gasteiger charge is 2.30. The number of likely N-dealkylation sites (tertiary alicyclic amines) is 1. The van der Waals surface area contributed by atoms with E-state index in [0.717, 1.165) is 10.6 Å². The van der Waals surface area contributed by atoms with Gasteiger partial charge in [-0.3, -0.25) is 9.59 Å². The largest absolute Gasteiger partial charge is 0.497 e. The van der Waals surface area contributed by atoms with Crippen molar-refractivity contribution in [2.75, 3.05) is 27.3 Å². The van der Waals surface area contributed by atoms with Crippen molar-refractivity contribution in [3.8, 4) is 5.75 Å². The average molecular weight is 337 g/mol. The lowest BCUT2D eigenvalue weighted by Gasteiger charge is -2.32. The lowest BCUT2D eigenvalue weighted by Crippen LogP contribution is -2.43. The predicted octanol–water partition coefficient (Wildman–Crippen LogP) is 2.59. The van der Waals surface area contributed by atoms with Crippen molar-refractivity contribution in [3.63, 3.8) is 0 Å². The zero-order chi connectivity index (χ0) is 16.8. The third kappa shape index (κ3) is 4.64. The van der Waals surface area contributed by atoms with Crippen LogP contribution < -0.4 is 4.74 Å². The fourth-order valence-corrected chi connectivity index (χ4v) is 3.62. The van der Waals surface area contributed by atoms with Crippen molar-refractivity contribution < 1.29 is 19.1 Å². The summed E-state index contributed by atoms with van der Waals surface area (Å²) < 4.78 is 9.91. The van der Waals surface area contributed by atoms with Crippen LogP contribution in [0, 0.1) is 5.92 Å². The molecule has 0 spiro atoms. The van der Waals surface area contributed by atoms with Crippen LogP contribution in [0.2, 0.25) is 0 Å². The highest BCUT2D eigenvalue weighted by molar-refractivity contribution is 8.00. The SMILES string of the molecule is COC(=O)C1CCN(C(=O)[C@@H](C)Sc2ccc(OC)cc2)CC1. The van der Waals surface area contributed by atoms with Crippen LogP contribution in [0.3, 0.4) is 0 Å². The number of esters is 1. The summed E-state index contributed by atoms with van der Waals surface area (Å²) in [7, 11) is 3.04. The van der Waals surface area contributed by atoms with E-state index >= 15 is 0 Å². The molecule has 1 atom stereocenters. The number of methoxy groups -OCH3 is 2. The molecule has 0 radical (unpaired) electrons. The third-order valence-corrected chi connectivity index (χ3v) is 5.16. The summed E-state index contributed by atoms with van der Waals surface area (Å²) in [5, 5.41) is -0.155. The number of rotatable bonds is 5. The Morgan fingerprint density at radius 2 is 1.78 bits per heavy atom. The predicted molar refractivity (Wildman–Crippen MR) is 89.6 cm³/mol. The van der Waals surface area contributed by atoms with Crippen LogP contribution in [0.4, 0.5) is 0 Å². The Morgan fingerprint density at radius 1 is 1.17 bits per heavy atom. The summed E-state index contributed by atoms with van der Waals surface area (Å²) in [4.78, 5) is 27.0. The first-order chi connectivity index (χ1) is 11.0. The fourth-order valence-electron chi connectivity index (χ4n) is 2.67. The number of thioether (sulfide) groups is 1. The van der Waals surface area contributed by atoms with Crippen LogP contribution in [0.1, 0.15) is 19.8 Å². The molecule has 0 saturated carbocycles. The number of hydrogen-bond donors (Lipinski definition) is 0. The van der Waals surface area contributed by atoms with Gasteiger partial charge in [0, 0.05) is 18.0 Å². The lowest BCUT2D eigenvalue weighted by molar-refractivity contribution is -0.148. The van der Waals surface area contributed by atoms with Gasteiger partial charge in [0.1, 0.15) is 5.75 Å². The van der Waals surface area contributed by atoms with E-state index in [9.17, 15) is 9.59 Å². The molecule has 6 heteroatoms. The Labute approximate surface area is 141 Å². The van der Waals surface area contributed by atoms with Crippen molar-refractivity contribution in [1.29, 1.82) is 0 Å². The summed E-state index contributed by atoms with van der Waals surface area (Å²) >= 11 is 1.54. The molecule has 0 aliphatic carbocycles. The molecule has 0 N–H and O–H groups in total. The van der Waals surface area contributed by atoms with Gasteiger partial charge in [-0.1, -0.05) is 0 Å². The van der Waals surface area contributed by atoms with Gasteiger partial charge in [-0.2, -0.15) is 0 Å². The Kier molecular flexibility index (Phi) is 6.33. The van der Waals surface area contributed by atoms with Crippen LogP contribution in [0.25, 0.3) is 0 Å². The van der Waals surface area contributed by atoms with Crippen LogP contribution in [-0.2, 0) is 14.3 Å². The molecule has 1 aliphatic rings. The zero-order valence-electron chi connectivity index (χ0n) is 13.8. The number of carbonyl (C=O) groups is 2. The molecule has 1 aromatic carbocycles. The van der Waals surface area contributed by atoms with Gasteiger partial charge in [0.05, 0.1) is 25.4 Å². The van der Waals surface area contributed by atoms with E-state index < -0.39 is 0 Å². The molecule has 0 unspecified atom stereocenters. The number of benzene rings is 1. The second-order valence-electron chi connectivity index (χ2n) is 5.56. The Morgan fingerprint density at radius 3 is 2.30 bits per heavy atom. The molecule has 1 amide bonds. The van der Waals surface area contributed by atoms with Gasteiger partial charge < -0.3 is 14.4 Å². The van der Waals surface area contributed by atoms with Crippen LogP contribution in [-0.4, -0.2) is 49.3 Å². The van der Waals surface area contributed by atoms with E-state index in [2.05, 4.69) is 0 Å². The van der Waals surface area contributed by atoms with E-state index in [0.29, 0.717) is 25.9 Å². The minimum Gasteiger partial charge on any atom is -0.497 e. The maximum absolute atomic E-state index is 12.5. The minimum atomic E-state index is -0.169. The Balaban J connectivity index is 1.86. The molecule has 0 aromatic heterocycles. The molecule has 5 nitrogen and oxygen atoms in total. The zero-order valence-corrected chi connectivity index (χ0v) is 14.6. The summed E-state index contributed by atoms with van der Waals surface area (Å²) in [5.74, 6) is 0.679. The topological polar surface area (TPSA) is 55.8 Å². The molecule has 1 aromatic rings. The molecule has 1 saturated heterocycles. The number of carbonyl (C=O) groups excluding carboxylic acids is 2. The molecule has 1 aliphatic heterocycles. The van der Waals surface area contributed by atoms with Gasteiger partial charge in [0.25, 0.3) is 0 Å². The Bertz CT molecular complexity index is 538. The van der Waals surface area contributed by atoms with E-state index in [1.54, 1.807) is 7.11 Å². The van der Waals surface area contributed by atoms with Crippen molar-refractivity contribution in [3.05, 3.63) is 24.3 Å². The van der Waals surface area contributed by atoms with E-state index in [1.165, 1.54) is 18.9 Å². The fraction of sp³-hybridized carbons (Fsp3) is 0.529. The van der Waals surface area contributed by atoms with Gasteiger partial charge in [-0.05, 0) is 44.0 Å². The number of hydrogen-bond acceptors (Lipinski definition) is 5. The summed E-state index contributed by atoms with van der Waals surface area (Å²) in [6, 6.07) is 7.69. The van der Waals surface area contributed by atoms with Crippen molar-refractivity contribution in [2.45, 2.75) is 29.9 Å². The number of amides is 1. The van der Waals surface area contributed by atoms with Crippen LogP contribution in [0.15, 0.2) is 29.2 Å². The summed E-state index contributed by atoms with van der Waals surface area (Å²) in [6.45, 7) is 3.15. The molecule has 1 heterocycles. The van der Waals surface area contributed by atoms with Gasteiger partial charge in [-0.25, -0.2) is 0 Å². The molecular weight excluding hydrogens is 314 g/mol. The molecule has 23 heavy (non-hydrogen) atoms. The smallest absolute Gasteiger partial charge is 0.308 e. The maximum Gasteiger partial charge on any atom is 0.308 e. The van der Waals surface area contributed by atoms with Crippen molar-refractivity contribution in [1.82, 2.24) is 4.90 Å². The lowest BCUT2D eigenvalue weighted by atomic mass is 9.97. The van der Waals surface area contributed by atoms with E-state index in [4.69, 9.17) is 9.47 Å². The Hall–Kier alpha value is -1.69. The van der Waals surface area contributed by atoms with Gasteiger partial charge >= 0.3 is 5.97 Å². The second kappa shape index (κ2) is 8.24. The second-order valence-corrected chi connectivity index (χ2v) is 6.97. The summed E-state index contributed by atoms with van der Waals surface area (Å²) in [6.07, 6.45) is 1.36. The molecule has 2 rings (SSSR count). The number of piperidine rings is 1. The van der Waals surface area contributed by atoms with Gasteiger partial charge in [0.15, 0.2) is 0 Å². The molecule has 126 valence electrons. The first-order valence-electron chi connectivity index (χ1n) is 7.72.